The summed E-state index contributed by atoms with van der Waals surface area (Å²) in [6, 6.07) is 0. The molecule has 0 amide bonds. The maximum absolute atomic E-state index is 11.2. The van der Waals surface area contributed by atoms with Crippen molar-refractivity contribution >= 4 is 5.97 Å². The van der Waals surface area contributed by atoms with Crippen LogP contribution in [0.4, 0.5) is 0 Å². The minimum atomic E-state index is -1.02. The van der Waals surface area contributed by atoms with Gasteiger partial charge in [-0.05, 0) is 38.0 Å². The van der Waals surface area contributed by atoms with Crippen LogP contribution in [0.5, 0.6) is 0 Å². The van der Waals surface area contributed by atoms with Gasteiger partial charge in [0.25, 0.3) is 0 Å². The second-order valence-corrected chi connectivity index (χ2v) is 5.28. The maximum atomic E-state index is 11.2. The largest absolute Gasteiger partial charge is 0.479 e. The van der Waals surface area contributed by atoms with Crippen molar-refractivity contribution in [1.82, 2.24) is 0 Å². The maximum Gasteiger partial charge on any atom is 0.335 e. The number of carboxylic acid groups (broad SMARTS) is 1. The summed E-state index contributed by atoms with van der Waals surface area (Å²) < 4.78 is 5.71. The summed E-state index contributed by atoms with van der Waals surface area (Å²) in [5, 5.41) is 9.22. The lowest BCUT2D eigenvalue weighted by molar-refractivity contribution is -0.167. The molecule has 3 nitrogen and oxygen atoms in total. The fraction of sp³-hybridized carbons (Fsp3) is 0.786. The molecule has 0 aliphatic heterocycles. The van der Waals surface area contributed by atoms with Gasteiger partial charge in [-0.3, -0.25) is 0 Å². The molecule has 0 radical (unpaired) electrons. The summed E-state index contributed by atoms with van der Waals surface area (Å²) in [5.41, 5.74) is -1.02. The molecular weight excluding hydrogens is 216 g/mol. The summed E-state index contributed by atoms with van der Waals surface area (Å²) in [6.07, 6.45) is 7.84. The first-order valence-electron chi connectivity index (χ1n) is 6.52. The first kappa shape index (κ1) is 14.2. The van der Waals surface area contributed by atoms with Crippen LogP contribution in [0.3, 0.4) is 0 Å². The zero-order valence-electron chi connectivity index (χ0n) is 11.1. The van der Waals surface area contributed by atoms with Crippen LogP contribution in [0.1, 0.15) is 46.5 Å². The summed E-state index contributed by atoms with van der Waals surface area (Å²) in [7, 11) is 0. The normalized spacial score (nSPS) is 27.7. The highest BCUT2D eigenvalue weighted by Crippen LogP contribution is 2.28. The lowest BCUT2D eigenvalue weighted by Crippen LogP contribution is -2.40. The Labute approximate surface area is 104 Å². The minimum absolute atomic E-state index is 0.454. The number of carboxylic acids is 1. The van der Waals surface area contributed by atoms with E-state index in [1.807, 2.05) is 6.92 Å². The van der Waals surface area contributed by atoms with Crippen LogP contribution in [-0.2, 0) is 9.53 Å². The van der Waals surface area contributed by atoms with E-state index >= 15 is 0 Å². The number of aliphatic carboxylic acids is 1. The van der Waals surface area contributed by atoms with Gasteiger partial charge in [-0.25, -0.2) is 4.79 Å². The molecule has 98 valence electrons. The van der Waals surface area contributed by atoms with Gasteiger partial charge in [-0.15, -0.1) is 0 Å². The molecule has 0 heterocycles. The average molecular weight is 240 g/mol. The summed E-state index contributed by atoms with van der Waals surface area (Å²) >= 11 is 0. The van der Waals surface area contributed by atoms with E-state index in [-0.39, 0.29) is 0 Å². The van der Waals surface area contributed by atoms with E-state index in [0.717, 1.165) is 19.3 Å². The number of allylic oxidation sites excluding steroid dienone is 2. The Bertz CT molecular complexity index is 285. The first-order valence-corrected chi connectivity index (χ1v) is 6.52. The van der Waals surface area contributed by atoms with Crippen LogP contribution in [0, 0.1) is 11.8 Å². The van der Waals surface area contributed by atoms with Crippen LogP contribution in [0.2, 0.25) is 0 Å². The lowest BCUT2D eigenvalue weighted by Gasteiger charge is -2.30. The number of carbonyl (C=O) groups is 1. The van der Waals surface area contributed by atoms with E-state index in [1.165, 1.54) is 0 Å². The van der Waals surface area contributed by atoms with Gasteiger partial charge in [0.15, 0.2) is 5.60 Å². The van der Waals surface area contributed by atoms with Crippen molar-refractivity contribution in [3.05, 3.63) is 12.2 Å². The molecule has 3 unspecified atom stereocenters. The van der Waals surface area contributed by atoms with Gasteiger partial charge in [0.05, 0.1) is 6.61 Å². The summed E-state index contributed by atoms with van der Waals surface area (Å²) in [6.45, 7) is 6.42. The molecule has 0 aromatic carbocycles. The number of rotatable bonds is 6. The monoisotopic (exact) mass is 240 g/mol. The molecule has 1 rings (SSSR count). The number of hydrogen-bond donors (Lipinski definition) is 1. The molecule has 1 aliphatic rings. The molecule has 1 N–H and O–H groups in total. The topological polar surface area (TPSA) is 46.5 Å². The van der Waals surface area contributed by atoms with Crippen molar-refractivity contribution in [2.75, 3.05) is 6.61 Å². The van der Waals surface area contributed by atoms with Gasteiger partial charge in [0, 0.05) is 0 Å². The Morgan fingerprint density at radius 3 is 2.65 bits per heavy atom. The zero-order chi connectivity index (χ0) is 12.9. The molecule has 0 spiro atoms. The second-order valence-electron chi connectivity index (χ2n) is 5.28. The summed E-state index contributed by atoms with van der Waals surface area (Å²) in [5.74, 6) is 0.188. The molecule has 0 fully saturated rings. The van der Waals surface area contributed by atoms with Gasteiger partial charge in [-0.1, -0.05) is 32.4 Å². The van der Waals surface area contributed by atoms with Crippen molar-refractivity contribution < 1.29 is 14.6 Å². The van der Waals surface area contributed by atoms with Crippen LogP contribution in [-0.4, -0.2) is 23.3 Å². The van der Waals surface area contributed by atoms with Crippen molar-refractivity contribution in [2.24, 2.45) is 11.8 Å². The van der Waals surface area contributed by atoms with Crippen LogP contribution >= 0.6 is 0 Å². The standard InChI is InChI=1S/C14H24O3/c1-4-9-14(3,13(15)16)17-10-12-8-6-5-7-11(12)2/h5-6,11-12H,4,7-10H2,1-3H3,(H,15,16). The zero-order valence-corrected chi connectivity index (χ0v) is 11.1. The fourth-order valence-corrected chi connectivity index (χ4v) is 2.25. The molecular formula is C14H24O3. The van der Waals surface area contributed by atoms with Crippen LogP contribution in [0.25, 0.3) is 0 Å². The Balaban J connectivity index is 2.52. The third kappa shape index (κ3) is 3.84. The Morgan fingerprint density at radius 1 is 1.47 bits per heavy atom. The first-order chi connectivity index (χ1) is 7.99. The van der Waals surface area contributed by atoms with Crippen molar-refractivity contribution in [2.45, 2.75) is 52.1 Å². The van der Waals surface area contributed by atoms with Gasteiger partial charge in [0.1, 0.15) is 0 Å². The smallest absolute Gasteiger partial charge is 0.335 e. The Kier molecular flexibility index (Phi) is 5.19. The molecule has 0 aromatic rings. The van der Waals surface area contributed by atoms with E-state index in [2.05, 4.69) is 19.1 Å². The third-order valence-electron chi connectivity index (χ3n) is 3.71. The van der Waals surface area contributed by atoms with E-state index in [4.69, 9.17) is 4.74 Å². The van der Waals surface area contributed by atoms with Gasteiger partial charge >= 0.3 is 5.97 Å². The van der Waals surface area contributed by atoms with Crippen LogP contribution in [0.15, 0.2) is 12.2 Å². The van der Waals surface area contributed by atoms with E-state index < -0.39 is 11.6 Å². The van der Waals surface area contributed by atoms with Crippen molar-refractivity contribution in [3.8, 4) is 0 Å². The number of hydrogen-bond acceptors (Lipinski definition) is 2. The van der Waals surface area contributed by atoms with Gasteiger partial charge in [0.2, 0.25) is 0 Å². The SMILES string of the molecule is CCCC(C)(OCC1CC=CCC1C)C(=O)O. The molecule has 1 aliphatic carbocycles. The molecule has 3 atom stereocenters. The van der Waals surface area contributed by atoms with Crippen molar-refractivity contribution in [1.29, 1.82) is 0 Å². The lowest BCUT2D eigenvalue weighted by atomic mass is 9.85. The Hall–Kier alpha value is -0.830. The highest BCUT2D eigenvalue weighted by molar-refractivity contribution is 5.76. The Morgan fingerprint density at radius 2 is 2.12 bits per heavy atom. The highest BCUT2D eigenvalue weighted by atomic mass is 16.5. The second kappa shape index (κ2) is 6.20. The quantitative estimate of drug-likeness (QED) is 0.725. The van der Waals surface area contributed by atoms with E-state index in [0.29, 0.717) is 24.9 Å². The van der Waals surface area contributed by atoms with E-state index in [9.17, 15) is 9.90 Å². The number of ether oxygens (including phenoxy) is 1. The van der Waals surface area contributed by atoms with E-state index in [1.54, 1.807) is 6.92 Å². The predicted molar refractivity (Wildman–Crippen MR) is 67.9 cm³/mol. The molecule has 3 heteroatoms. The van der Waals surface area contributed by atoms with Gasteiger partial charge < -0.3 is 9.84 Å². The molecule has 17 heavy (non-hydrogen) atoms. The molecule has 0 bridgehead atoms. The predicted octanol–water partition coefficient (Wildman–Crippen LogP) is 3.25. The highest BCUT2D eigenvalue weighted by Gasteiger charge is 2.34. The molecule has 0 aromatic heterocycles. The fourth-order valence-electron chi connectivity index (χ4n) is 2.25. The minimum Gasteiger partial charge on any atom is -0.479 e. The third-order valence-corrected chi connectivity index (χ3v) is 3.71. The average Bonchev–Trinajstić information content (AvgIpc) is 2.28. The summed E-state index contributed by atoms with van der Waals surface area (Å²) in [4.78, 5) is 11.2. The van der Waals surface area contributed by atoms with Crippen molar-refractivity contribution in [3.63, 3.8) is 0 Å². The van der Waals surface area contributed by atoms with Crippen LogP contribution < -0.4 is 0 Å². The van der Waals surface area contributed by atoms with Gasteiger partial charge in [-0.2, -0.15) is 0 Å². The molecule has 0 saturated heterocycles. The molecule has 0 saturated carbocycles.